The topological polar surface area (TPSA) is 104 Å². The molecule has 0 saturated carbocycles. The molecule has 10 heteroatoms. The van der Waals surface area contributed by atoms with Crippen LogP contribution in [0.2, 0.25) is 5.02 Å². The summed E-state index contributed by atoms with van der Waals surface area (Å²) < 4.78 is 1.69. The fourth-order valence-electron chi connectivity index (χ4n) is 3.17. The van der Waals surface area contributed by atoms with Crippen LogP contribution in [0.1, 0.15) is 6.42 Å². The average Bonchev–Trinajstić information content (AvgIpc) is 3.36. The summed E-state index contributed by atoms with van der Waals surface area (Å²) in [5.41, 5.74) is 1.41. The normalized spacial score (nSPS) is 16.7. The van der Waals surface area contributed by atoms with E-state index in [0.29, 0.717) is 35.5 Å². The maximum atomic E-state index is 11.8. The number of fused-ring (bicyclic) bond motifs is 1. The predicted octanol–water partition coefficient (Wildman–Crippen LogP) is 2.29. The van der Waals surface area contributed by atoms with Gasteiger partial charge >= 0.3 is 0 Å². The molecule has 4 rings (SSSR count). The molecule has 1 aliphatic rings. The Kier molecular flexibility index (Phi) is 4.44. The van der Waals surface area contributed by atoms with Gasteiger partial charge in [0, 0.05) is 38.6 Å². The number of likely N-dealkylation sites (tertiary alicyclic amines) is 1. The van der Waals surface area contributed by atoms with E-state index in [2.05, 4.69) is 37.3 Å². The largest absolute Gasteiger partial charge is 0.365 e. The van der Waals surface area contributed by atoms with Crippen molar-refractivity contribution in [1.29, 1.82) is 0 Å². The van der Waals surface area contributed by atoms with Crippen molar-refractivity contribution in [3.63, 3.8) is 0 Å². The van der Waals surface area contributed by atoms with E-state index in [1.807, 2.05) is 13.2 Å². The molecular formula is C17H19ClN8O. The molecule has 1 fully saturated rings. The third kappa shape index (κ3) is 3.45. The molecule has 27 heavy (non-hydrogen) atoms. The number of halogens is 1. The minimum absolute atomic E-state index is 0.0641. The summed E-state index contributed by atoms with van der Waals surface area (Å²) in [7, 11) is 1.84. The molecule has 1 aliphatic heterocycles. The Morgan fingerprint density at radius 2 is 2.33 bits per heavy atom. The number of nitrogens with zero attached hydrogens (tertiary/aromatic N) is 5. The number of carbonyl (C=O) groups excluding carboxylic acids is 1. The number of H-pyrrole nitrogens is 1. The monoisotopic (exact) mass is 386 g/mol. The van der Waals surface area contributed by atoms with Crippen LogP contribution < -0.4 is 10.6 Å². The molecule has 0 spiro atoms. The number of amides is 1. The van der Waals surface area contributed by atoms with Gasteiger partial charge in [0.25, 0.3) is 0 Å². The Balaban J connectivity index is 1.61. The van der Waals surface area contributed by atoms with Crippen LogP contribution in [0.15, 0.2) is 31.2 Å². The highest BCUT2D eigenvalue weighted by molar-refractivity contribution is 6.36. The number of rotatable bonds is 5. The van der Waals surface area contributed by atoms with Gasteiger partial charge in [-0.15, -0.1) is 0 Å². The maximum Gasteiger partial charge on any atom is 0.246 e. The zero-order valence-corrected chi connectivity index (χ0v) is 15.5. The molecule has 3 aromatic rings. The van der Waals surface area contributed by atoms with E-state index in [1.54, 1.807) is 22.0 Å². The van der Waals surface area contributed by atoms with Gasteiger partial charge in [-0.05, 0) is 12.5 Å². The quantitative estimate of drug-likeness (QED) is 0.581. The van der Waals surface area contributed by atoms with Gasteiger partial charge in [-0.25, -0.2) is 0 Å². The van der Waals surface area contributed by atoms with Crippen LogP contribution in [0.25, 0.3) is 11.0 Å². The summed E-state index contributed by atoms with van der Waals surface area (Å²) in [6.07, 6.45) is 7.36. The Labute approximate surface area is 160 Å². The number of carbonyl (C=O) groups is 1. The lowest BCUT2D eigenvalue weighted by atomic mass is 10.2. The Hall–Kier alpha value is -3.07. The first-order valence-corrected chi connectivity index (χ1v) is 8.89. The molecule has 0 aromatic carbocycles. The van der Waals surface area contributed by atoms with E-state index in [-0.39, 0.29) is 11.9 Å². The fourth-order valence-corrected chi connectivity index (χ4v) is 3.40. The number of nitrogens with one attached hydrogen (secondary N) is 3. The Morgan fingerprint density at radius 3 is 3.07 bits per heavy atom. The SMILES string of the molecule is C=CC(=O)N1CCC(Nc2nc(Nc3cnn(C)c3)nc3[nH]cc(Cl)c23)C1. The highest BCUT2D eigenvalue weighted by atomic mass is 35.5. The van der Waals surface area contributed by atoms with Crippen LogP contribution in [-0.4, -0.2) is 54.7 Å². The van der Waals surface area contributed by atoms with E-state index in [0.717, 1.165) is 17.5 Å². The zero-order chi connectivity index (χ0) is 19.0. The highest BCUT2D eigenvalue weighted by Crippen LogP contribution is 2.31. The van der Waals surface area contributed by atoms with Gasteiger partial charge < -0.3 is 20.5 Å². The minimum atomic E-state index is -0.0641. The van der Waals surface area contributed by atoms with Crippen molar-refractivity contribution >= 4 is 46.0 Å². The molecule has 0 aliphatic carbocycles. The average molecular weight is 387 g/mol. The molecule has 0 radical (unpaired) electrons. The molecule has 9 nitrogen and oxygen atoms in total. The van der Waals surface area contributed by atoms with Gasteiger partial charge in [0.05, 0.1) is 22.3 Å². The molecule has 3 N–H and O–H groups in total. The first-order chi connectivity index (χ1) is 13.0. The second-order valence-corrected chi connectivity index (χ2v) is 6.81. The summed E-state index contributed by atoms with van der Waals surface area (Å²) in [6, 6.07) is 0.0733. The minimum Gasteiger partial charge on any atom is -0.365 e. The van der Waals surface area contributed by atoms with Gasteiger partial charge in [0.1, 0.15) is 11.5 Å². The molecule has 1 unspecified atom stereocenters. The molecule has 0 bridgehead atoms. The first-order valence-electron chi connectivity index (χ1n) is 8.51. The standard InChI is InChI=1S/C17H19ClN8O/c1-3-13(27)26-5-4-10(9-26)21-16-14-12(18)7-19-15(14)23-17(24-16)22-11-6-20-25(2)8-11/h3,6-8,10H,1,4-5,9H2,2H3,(H3,19,21,22,23,24). The third-order valence-corrected chi connectivity index (χ3v) is 4.76. The summed E-state index contributed by atoms with van der Waals surface area (Å²) in [5, 5.41) is 11.9. The number of aryl methyl sites for hydroxylation is 1. The van der Waals surface area contributed by atoms with Crippen LogP contribution >= 0.6 is 11.6 Å². The van der Waals surface area contributed by atoms with Crippen molar-refractivity contribution in [3.05, 3.63) is 36.3 Å². The van der Waals surface area contributed by atoms with Crippen molar-refractivity contribution in [2.24, 2.45) is 7.05 Å². The smallest absolute Gasteiger partial charge is 0.246 e. The predicted molar refractivity (Wildman–Crippen MR) is 104 cm³/mol. The number of hydrogen-bond donors (Lipinski definition) is 3. The van der Waals surface area contributed by atoms with Crippen LogP contribution in [0.4, 0.5) is 17.5 Å². The number of hydrogen-bond acceptors (Lipinski definition) is 6. The molecule has 140 valence electrons. The maximum absolute atomic E-state index is 11.8. The van der Waals surface area contributed by atoms with Crippen LogP contribution in [-0.2, 0) is 11.8 Å². The molecule has 4 heterocycles. The number of aromatic nitrogens is 5. The Morgan fingerprint density at radius 1 is 1.48 bits per heavy atom. The van der Waals surface area contributed by atoms with Crippen molar-refractivity contribution in [3.8, 4) is 0 Å². The summed E-state index contributed by atoms with van der Waals surface area (Å²) in [4.78, 5) is 25.7. The number of anilines is 3. The third-order valence-electron chi connectivity index (χ3n) is 4.46. The van der Waals surface area contributed by atoms with E-state index < -0.39 is 0 Å². The van der Waals surface area contributed by atoms with E-state index in [9.17, 15) is 4.79 Å². The van der Waals surface area contributed by atoms with Crippen LogP contribution in [0.3, 0.4) is 0 Å². The van der Waals surface area contributed by atoms with Gasteiger partial charge in [-0.1, -0.05) is 18.2 Å². The van der Waals surface area contributed by atoms with Crippen molar-refractivity contribution in [2.75, 3.05) is 23.7 Å². The number of aromatic amines is 1. The second kappa shape index (κ2) is 6.92. The van der Waals surface area contributed by atoms with Crippen molar-refractivity contribution in [2.45, 2.75) is 12.5 Å². The fraction of sp³-hybridized carbons (Fsp3) is 0.294. The first kappa shape index (κ1) is 17.3. The van der Waals surface area contributed by atoms with E-state index >= 15 is 0 Å². The van der Waals surface area contributed by atoms with Crippen molar-refractivity contribution < 1.29 is 4.79 Å². The lowest BCUT2D eigenvalue weighted by Gasteiger charge is -2.17. The second-order valence-electron chi connectivity index (χ2n) is 6.40. The molecule has 1 atom stereocenters. The summed E-state index contributed by atoms with van der Waals surface area (Å²) in [6.45, 7) is 4.81. The molecule has 1 amide bonds. The van der Waals surface area contributed by atoms with Crippen LogP contribution in [0, 0.1) is 0 Å². The Bertz CT molecular complexity index is 1010. The lowest BCUT2D eigenvalue weighted by molar-refractivity contribution is -0.125. The summed E-state index contributed by atoms with van der Waals surface area (Å²) in [5.74, 6) is 0.981. The van der Waals surface area contributed by atoms with Crippen molar-refractivity contribution in [1.82, 2.24) is 29.6 Å². The van der Waals surface area contributed by atoms with Gasteiger partial charge in [-0.2, -0.15) is 15.1 Å². The van der Waals surface area contributed by atoms with E-state index in [1.165, 1.54) is 6.08 Å². The van der Waals surface area contributed by atoms with E-state index in [4.69, 9.17) is 11.6 Å². The van der Waals surface area contributed by atoms with Crippen LogP contribution in [0.5, 0.6) is 0 Å². The van der Waals surface area contributed by atoms with Gasteiger partial charge in [-0.3, -0.25) is 9.48 Å². The zero-order valence-electron chi connectivity index (χ0n) is 14.7. The van der Waals surface area contributed by atoms with Gasteiger partial charge in [0.15, 0.2) is 0 Å². The molecule has 3 aromatic heterocycles. The summed E-state index contributed by atoms with van der Waals surface area (Å²) >= 11 is 6.32. The molecule has 1 saturated heterocycles. The molecular weight excluding hydrogens is 368 g/mol. The van der Waals surface area contributed by atoms with Gasteiger partial charge in [0.2, 0.25) is 11.9 Å². The lowest BCUT2D eigenvalue weighted by Crippen LogP contribution is -2.30. The highest BCUT2D eigenvalue weighted by Gasteiger charge is 2.26.